The number of carbonyl (C=O) groups excluding carboxylic acids is 1. The molecule has 1 aromatic rings. The zero-order valence-electron chi connectivity index (χ0n) is 11.9. The molecule has 0 saturated carbocycles. The molecule has 0 saturated heterocycles. The Kier molecular flexibility index (Phi) is 6.40. The number of esters is 1. The molecule has 0 aromatic heterocycles. The van der Waals surface area contributed by atoms with Gasteiger partial charge in [-0.2, -0.15) is 8.78 Å². The summed E-state index contributed by atoms with van der Waals surface area (Å²) in [7, 11) is 0. The Labute approximate surface area is 127 Å². The van der Waals surface area contributed by atoms with Crippen LogP contribution in [-0.2, 0) is 9.53 Å². The Balaban J connectivity index is 2.77. The highest BCUT2D eigenvalue weighted by atomic mass is 19.2. The van der Waals surface area contributed by atoms with E-state index in [1.807, 2.05) is 0 Å². The van der Waals surface area contributed by atoms with Crippen LogP contribution in [0.2, 0.25) is 0 Å². The van der Waals surface area contributed by atoms with Crippen LogP contribution in [0.15, 0.2) is 17.3 Å². The zero-order valence-corrected chi connectivity index (χ0v) is 11.9. The van der Waals surface area contributed by atoms with Gasteiger partial charge in [0.05, 0.1) is 13.2 Å². The summed E-state index contributed by atoms with van der Waals surface area (Å²) in [4.78, 5) is 13.1. The maximum absolute atomic E-state index is 13.6. The van der Waals surface area contributed by atoms with Gasteiger partial charge in [0, 0.05) is 16.9 Å². The lowest BCUT2D eigenvalue weighted by Crippen LogP contribution is -2.11. The average molecular weight is 333 g/mol. The molecule has 23 heavy (non-hydrogen) atoms. The minimum atomic E-state index is -1.87. The minimum absolute atomic E-state index is 0.0131. The lowest BCUT2D eigenvalue weighted by molar-refractivity contribution is -0.139. The van der Waals surface area contributed by atoms with E-state index in [0.29, 0.717) is 0 Å². The second kappa shape index (κ2) is 8.04. The first-order valence-electron chi connectivity index (χ1n) is 6.17. The predicted molar refractivity (Wildman–Crippen MR) is 71.0 cm³/mol. The van der Waals surface area contributed by atoms with Gasteiger partial charge >= 0.3 is 5.97 Å². The van der Waals surface area contributed by atoms with E-state index in [0.717, 1.165) is 0 Å². The van der Waals surface area contributed by atoms with Gasteiger partial charge in [-0.3, -0.25) is 0 Å². The highest BCUT2D eigenvalue weighted by molar-refractivity contribution is 5.86. The van der Waals surface area contributed by atoms with Gasteiger partial charge in [0.15, 0.2) is 17.4 Å². The Morgan fingerprint density at radius 3 is 2.22 bits per heavy atom. The van der Waals surface area contributed by atoms with Crippen LogP contribution in [0, 0.1) is 23.3 Å². The first kappa shape index (κ1) is 18.3. The topological polar surface area (TPSA) is 84.3 Å². The van der Waals surface area contributed by atoms with E-state index in [1.165, 1.54) is 6.92 Å². The largest absolute Gasteiger partial charge is 0.487 e. The molecule has 10 heteroatoms. The van der Waals surface area contributed by atoms with Gasteiger partial charge in [-0.1, -0.05) is 11.7 Å². The van der Waals surface area contributed by atoms with Crippen molar-refractivity contribution in [2.45, 2.75) is 13.3 Å². The number of hydrogen-bond donors (Lipinski definition) is 0. The second-order valence-electron chi connectivity index (χ2n) is 4.24. The van der Waals surface area contributed by atoms with Crippen molar-refractivity contribution in [1.29, 1.82) is 0 Å². The second-order valence-corrected chi connectivity index (χ2v) is 4.24. The average Bonchev–Trinajstić information content (AvgIpc) is 2.51. The fraction of sp³-hybridized carbons (Fsp3) is 0.308. The van der Waals surface area contributed by atoms with E-state index < -0.39 is 40.7 Å². The van der Waals surface area contributed by atoms with Crippen LogP contribution in [-0.4, -0.2) is 19.2 Å². The van der Waals surface area contributed by atoms with Crippen molar-refractivity contribution in [3.05, 3.63) is 45.9 Å². The predicted octanol–water partition coefficient (Wildman–Crippen LogP) is 4.07. The maximum Gasteiger partial charge on any atom is 0.333 e. The molecule has 0 atom stereocenters. The third-order valence-corrected chi connectivity index (χ3v) is 2.46. The van der Waals surface area contributed by atoms with Crippen LogP contribution >= 0.6 is 0 Å². The molecule has 0 bridgehead atoms. The van der Waals surface area contributed by atoms with E-state index in [-0.39, 0.29) is 25.2 Å². The number of rotatable bonds is 7. The third kappa shape index (κ3) is 4.36. The minimum Gasteiger partial charge on any atom is -0.487 e. The summed E-state index contributed by atoms with van der Waals surface area (Å²) in [6, 6.07) is 0. The summed E-state index contributed by atoms with van der Waals surface area (Å²) in [6.45, 7) is 4.26. The molecule has 0 aliphatic rings. The molecule has 1 aromatic carbocycles. The molecule has 0 spiro atoms. The fourth-order valence-electron chi connectivity index (χ4n) is 1.38. The molecular formula is C13H11F4N3O3. The molecule has 0 amide bonds. The Bertz CT molecular complexity index is 659. The smallest absolute Gasteiger partial charge is 0.333 e. The number of halogens is 4. The monoisotopic (exact) mass is 333 g/mol. The van der Waals surface area contributed by atoms with Crippen LogP contribution in [0.1, 0.15) is 13.3 Å². The van der Waals surface area contributed by atoms with Crippen LogP contribution in [0.3, 0.4) is 0 Å². The van der Waals surface area contributed by atoms with Gasteiger partial charge in [0.25, 0.3) is 0 Å². The quantitative estimate of drug-likeness (QED) is 0.110. The lowest BCUT2D eigenvalue weighted by Gasteiger charge is -2.11. The van der Waals surface area contributed by atoms with E-state index >= 15 is 0 Å². The van der Waals surface area contributed by atoms with Crippen molar-refractivity contribution in [2.75, 3.05) is 13.2 Å². The van der Waals surface area contributed by atoms with Crippen molar-refractivity contribution in [2.24, 2.45) is 5.11 Å². The standard InChI is InChI=1S/C13H11F4N3O3/c1-6(2)13(21)23-5-3-4-22-12-9(16)7(14)11(19-20-18)8(15)10(12)17/h1,3-5H2,2H3. The number of nitrogens with zero attached hydrogens (tertiary/aromatic N) is 3. The Hall–Kier alpha value is -2.74. The van der Waals surface area contributed by atoms with Crippen molar-refractivity contribution in [3.8, 4) is 5.75 Å². The summed E-state index contributed by atoms with van der Waals surface area (Å²) in [5, 5.41) is 2.54. The van der Waals surface area contributed by atoms with E-state index in [2.05, 4.69) is 21.3 Å². The van der Waals surface area contributed by atoms with E-state index in [9.17, 15) is 22.4 Å². The molecule has 0 unspecified atom stereocenters. The lowest BCUT2D eigenvalue weighted by atomic mass is 10.2. The van der Waals surface area contributed by atoms with Gasteiger partial charge in [0.1, 0.15) is 5.69 Å². The van der Waals surface area contributed by atoms with Gasteiger partial charge in [-0.25, -0.2) is 13.6 Å². The molecule has 124 valence electrons. The number of azide groups is 1. The first-order chi connectivity index (χ1) is 10.8. The van der Waals surface area contributed by atoms with Gasteiger partial charge in [-0.05, 0) is 12.5 Å². The van der Waals surface area contributed by atoms with Crippen molar-refractivity contribution in [3.63, 3.8) is 0 Å². The van der Waals surface area contributed by atoms with Crippen molar-refractivity contribution < 1.29 is 31.8 Å². The summed E-state index contributed by atoms with van der Waals surface area (Å²) in [6.07, 6.45) is 0.0131. The molecule has 0 aliphatic heterocycles. The van der Waals surface area contributed by atoms with Gasteiger partial charge in [0.2, 0.25) is 11.6 Å². The third-order valence-electron chi connectivity index (χ3n) is 2.46. The van der Waals surface area contributed by atoms with Gasteiger partial charge < -0.3 is 9.47 Å². The Morgan fingerprint density at radius 2 is 1.74 bits per heavy atom. The number of benzene rings is 1. The van der Waals surface area contributed by atoms with Crippen LogP contribution in [0.25, 0.3) is 10.4 Å². The van der Waals surface area contributed by atoms with E-state index in [4.69, 9.17) is 10.3 Å². The molecule has 0 radical (unpaired) electrons. The Morgan fingerprint density at radius 1 is 1.17 bits per heavy atom. The number of ether oxygens (including phenoxy) is 2. The molecule has 0 fully saturated rings. The molecule has 1 rings (SSSR count). The maximum atomic E-state index is 13.6. The highest BCUT2D eigenvalue weighted by Crippen LogP contribution is 2.34. The van der Waals surface area contributed by atoms with Crippen molar-refractivity contribution in [1.82, 2.24) is 0 Å². The highest BCUT2D eigenvalue weighted by Gasteiger charge is 2.26. The summed E-state index contributed by atoms with van der Waals surface area (Å²) >= 11 is 0. The van der Waals surface area contributed by atoms with Crippen LogP contribution in [0.5, 0.6) is 5.75 Å². The van der Waals surface area contributed by atoms with Crippen molar-refractivity contribution >= 4 is 11.7 Å². The summed E-state index contributed by atoms with van der Waals surface area (Å²) < 4.78 is 63.4. The SMILES string of the molecule is C=C(C)C(=O)OCCCOc1c(F)c(F)c(N=[N+]=[N-])c(F)c1F. The summed E-state index contributed by atoms with van der Waals surface area (Å²) in [5.74, 6) is -9.34. The van der Waals surface area contributed by atoms with Crippen LogP contribution in [0.4, 0.5) is 23.2 Å². The first-order valence-corrected chi connectivity index (χ1v) is 6.17. The van der Waals surface area contributed by atoms with Gasteiger partial charge in [-0.15, -0.1) is 0 Å². The number of hydrogen-bond acceptors (Lipinski definition) is 4. The molecule has 0 aliphatic carbocycles. The number of carbonyl (C=O) groups is 1. The molecule has 0 N–H and O–H groups in total. The molecule has 0 heterocycles. The van der Waals surface area contributed by atoms with Crippen LogP contribution < -0.4 is 4.74 Å². The molecular weight excluding hydrogens is 322 g/mol. The summed E-state index contributed by atoms with van der Waals surface area (Å²) in [5.41, 5.74) is 6.85. The molecule has 6 nitrogen and oxygen atoms in total. The normalized spacial score (nSPS) is 9.96. The fourth-order valence-corrected chi connectivity index (χ4v) is 1.38. The van der Waals surface area contributed by atoms with E-state index in [1.54, 1.807) is 0 Å². The zero-order chi connectivity index (χ0) is 17.6.